The van der Waals surface area contributed by atoms with Crippen molar-refractivity contribution in [2.24, 2.45) is 0 Å². The van der Waals surface area contributed by atoms with Gasteiger partial charge in [-0.3, -0.25) is 9.69 Å². The molecule has 2 bridgehead atoms. The summed E-state index contributed by atoms with van der Waals surface area (Å²) in [5.74, 6) is 0.561. The molecule has 6 heteroatoms. The van der Waals surface area contributed by atoms with Crippen LogP contribution in [0, 0.1) is 0 Å². The first-order valence-electron chi connectivity index (χ1n) is 9.68. The van der Waals surface area contributed by atoms with E-state index in [4.69, 9.17) is 9.47 Å². The van der Waals surface area contributed by atoms with Gasteiger partial charge in [0, 0.05) is 30.6 Å². The number of phenols is 1. The van der Waals surface area contributed by atoms with Crippen LogP contribution < -0.4 is 4.74 Å². The van der Waals surface area contributed by atoms with E-state index in [1.807, 2.05) is 6.07 Å². The summed E-state index contributed by atoms with van der Waals surface area (Å²) in [6, 6.07) is 3.65. The second kappa shape index (κ2) is 3.96. The number of piperidine rings is 1. The van der Waals surface area contributed by atoms with Gasteiger partial charge in [0.05, 0.1) is 23.2 Å². The van der Waals surface area contributed by atoms with Crippen LogP contribution in [0.25, 0.3) is 0 Å². The summed E-state index contributed by atoms with van der Waals surface area (Å²) in [5.41, 5.74) is 0.0384. The lowest BCUT2D eigenvalue weighted by Crippen LogP contribution is -2.78. The number of hydrogen-bond donors (Lipinski definition) is 2. The Morgan fingerprint density at radius 2 is 2.12 bits per heavy atom. The number of ether oxygens (including phenoxy) is 2. The van der Waals surface area contributed by atoms with Crippen LogP contribution in [0.5, 0.6) is 11.5 Å². The van der Waals surface area contributed by atoms with Gasteiger partial charge in [0.15, 0.2) is 23.4 Å². The highest BCUT2D eigenvalue weighted by Crippen LogP contribution is 2.71. The van der Waals surface area contributed by atoms with E-state index < -0.39 is 17.1 Å². The first kappa shape index (κ1) is 14.4. The molecule has 6 atom stereocenters. The number of aromatic hydroxyl groups is 1. The molecule has 0 radical (unpaired) electrons. The van der Waals surface area contributed by atoms with Crippen LogP contribution in [0.1, 0.15) is 36.8 Å². The van der Waals surface area contributed by atoms with Crippen molar-refractivity contribution in [3.8, 4) is 11.5 Å². The van der Waals surface area contributed by atoms with Crippen LogP contribution in [-0.4, -0.2) is 64.4 Å². The Morgan fingerprint density at radius 1 is 1.23 bits per heavy atom. The number of rotatable bonds is 0. The van der Waals surface area contributed by atoms with Gasteiger partial charge in [-0.15, -0.1) is 0 Å². The molecule has 0 amide bonds. The van der Waals surface area contributed by atoms with E-state index in [9.17, 15) is 15.0 Å². The van der Waals surface area contributed by atoms with E-state index in [0.29, 0.717) is 31.6 Å². The van der Waals surface area contributed by atoms with Crippen molar-refractivity contribution in [3.63, 3.8) is 0 Å². The van der Waals surface area contributed by atoms with Crippen molar-refractivity contribution < 1.29 is 24.5 Å². The van der Waals surface area contributed by atoms with E-state index >= 15 is 0 Å². The lowest BCUT2D eigenvalue weighted by Gasteiger charge is -2.64. The lowest BCUT2D eigenvalue weighted by atomic mass is 9.44. The normalized spacial score (nSPS) is 49.7. The minimum Gasteiger partial charge on any atom is -0.504 e. The SMILES string of the molecule is O=C1CC[C@@]2(O)[C@@H]3N4CC[C@@]25c2c(ccc(O)c2O[C@@H]15)C31CCOC1C4. The molecule has 4 heterocycles. The van der Waals surface area contributed by atoms with Gasteiger partial charge in [-0.1, -0.05) is 6.07 Å². The number of phenolic OH excluding ortho intramolecular Hbond substituents is 1. The topological polar surface area (TPSA) is 79.2 Å². The summed E-state index contributed by atoms with van der Waals surface area (Å²) in [5, 5.41) is 22.8. The van der Waals surface area contributed by atoms with Crippen LogP contribution in [0.15, 0.2) is 12.1 Å². The largest absolute Gasteiger partial charge is 0.504 e. The highest BCUT2D eigenvalue weighted by Gasteiger charge is 2.81. The highest BCUT2D eigenvalue weighted by atomic mass is 16.5. The molecule has 2 N–H and O–H groups in total. The Kier molecular flexibility index (Phi) is 2.20. The molecular weight excluding hydrogens is 334 g/mol. The molecule has 136 valence electrons. The zero-order valence-electron chi connectivity index (χ0n) is 14.4. The molecule has 4 aliphatic heterocycles. The zero-order chi connectivity index (χ0) is 17.5. The number of carbonyl (C=O) groups is 1. The Labute approximate surface area is 150 Å². The average molecular weight is 355 g/mol. The predicted molar refractivity (Wildman–Crippen MR) is 89.4 cm³/mol. The minimum atomic E-state index is -1.02. The van der Waals surface area contributed by atoms with E-state index in [-0.39, 0.29) is 29.1 Å². The highest BCUT2D eigenvalue weighted by molar-refractivity contribution is 5.90. The monoisotopic (exact) mass is 355 g/mol. The number of ketones is 1. The van der Waals surface area contributed by atoms with Gasteiger partial charge in [0.25, 0.3) is 0 Å². The van der Waals surface area contributed by atoms with Gasteiger partial charge in [-0.2, -0.15) is 0 Å². The van der Waals surface area contributed by atoms with Gasteiger partial charge in [-0.25, -0.2) is 0 Å². The maximum absolute atomic E-state index is 12.8. The van der Waals surface area contributed by atoms with Crippen LogP contribution in [-0.2, 0) is 20.4 Å². The van der Waals surface area contributed by atoms with Gasteiger partial charge in [0.2, 0.25) is 0 Å². The number of carbonyl (C=O) groups excluding carboxylic acids is 1. The van der Waals surface area contributed by atoms with Crippen molar-refractivity contribution >= 4 is 5.78 Å². The van der Waals surface area contributed by atoms with Crippen molar-refractivity contribution in [2.45, 2.75) is 60.4 Å². The number of aliphatic hydroxyl groups is 1. The molecule has 1 aromatic rings. The minimum absolute atomic E-state index is 0.0431. The number of hydrogen-bond acceptors (Lipinski definition) is 6. The molecule has 6 aliphatic rings. The van der Waals surface area contributed by atoms with Crippen molar-refractivity contribution in [3.05, 3.63) is 23.3 Å². The fraction of sp³-hybridized carbons (Fsp3) is 0.650. The third-order valence-corrected chi connectivity index (χ3v) is 8.49. The van der Waals surface area contributed by atoms with Crippen LogP contribution >= 0.6 is 0 Å². The standard InChI is InChI=1S/C20H21NO5/c22-11-2-1-10-14-15(11)26-16-12(23)3-4-20(24)17-18(10)6-8-25-13(18)9-21(17)7-5-19(14,16)20/h1-2,13,16-17,22,24H,3-9H2/t13?,16-,17+,18?,19-,20+/m0/s1. The van der Waals surface area contributed by atoms with E-state index in [1.165, 1.54) is 0 Å². The summed E-state index contributed by atoms with van der Waals surface area (Å²) in [6.07, 6.45) is 1.73. The van der Waals surface area contributed by atoms with E-state index in [2.05, 4.69) is 4.90 Å². The molecule has 1 aromatic carbocycles. The van der Waals surface area contributed by atoms with Gasteiger partial charge >= 0.3 is 0 Å². The van der Waals surface area contributed by atoms with Crippen LogP contribution in [0.3, 0.4) is 0 Å². The zero-order valence-corrected chi connectivity index (χ0v) is 14.4. The molecule has 1 saturated carbocycles. The van der Waals surface area contributed by atoms with Crippen LogP contribution in [0.2, 0.25) is 0 Å². The third-order valence-electron chi connectivity index (χ3n) is 8.49. The van der Waals surface area contributed by atoms with Crippen molar-refractivity contribution in [1.82, 2.24) is 4.90 Å². The maximum atomic E-state index is 12.8. The second-order valence-corrected chi connectivity index (χ2v) is 8.99. The average Bonchev–Trinajstić information content (AvgIpc) is 3.25. The van der Waals surface area contributed by atoms with Crippen molar-refractivity contribution in [1.29, 1.82) is 0 Å². The summed E-state index contributed by atoms with van der Waals surface area (Å²) in [4.78, 5) is 15.2. The summed E-state index contributed by atoms with van der Waals surface area (Å²) in [6.45, 7) is 2.35. The van der Waals surface area contributed by atoms with Gasteiger partial charge in [0.1, 0.15) is 0 Å². The molecular formula is C20H21NO5. The maximum Gasteiger partial charge on any atom is 0.174 e. The Balaban J connectivity index is 1.66. The molecule has 2 aliphatic carbocycles. The molecule has 3 saturated heterocycles. The van der Waals surface area contributed by atoms with Crippen molar-refractivity contribution in [2.75, 3.05) is 19.7 Å². The number of nitrogens with zero attached hydrogens (tertiary/aromatic N) is 1. The number of Topliss-reactive ketones (excluding diaryl/α,β-unsaturated/α-hetero) is 1. The summed E-state index contributed by atoms with van der Waals surface area (Å²) >= 11 is 0. The fourth-order valence-electron chi connectivity index (χ4n) is 7.75. The molecule has 7 rings (SSSR count). The molecule has 0 aromatic heterocycles. The van der Waals surface area contributed by atoms with E-state index in [1.54, 1.807) is 6.07 Å². The predicted octanol–water partition coefficient (Wildman–Crippen LogP) is 0.613. The van der Waals surface area contributed by atoms with Gasteiger partial charge in [-0.05, 0) is 37.4 Å². The Bertz CT molecular complexity index is 900. The first-order chi connectivity index (χ1) is 12.5. The summed E-state index contributed by atoms with van der Waals surface area (Å²) in [7, 11) is 0. The van der Waals surface area contributed by atoms with E-state index in [0.717, 1.165) is 30.6 Å². The van der Waals surface area contributed by atoms with Gasteiger partial charge < -0.3 is 19.7 Å². The fourth-order valence-corrected chi connectivity index (χ4v) is 7.75. The first-order valence-corrected chi connectivity index (χ1v) is 9.68. The Hall–Kier alpha value is -1.63. The third kappa shape index (κ3) is 1.12. The number of benzene rings is 1. The molecule has 6 nitrogen and oxygen atoms in total. The molecule has 26 heavy (non-hydrogen) atoms. The molecule has 4 fully saturated rings. The lowest BCUT2D eigenvalue weighted by molar-refractivity contribution is -0.192. The Morgan fingerprint density at radius 3 is 3.00 bits per heavy atom. The molecule has 2 spiro atoms. The van der Waals surface area contributed by atoms with Crippen LogP contribution in [0.4, 0.5) is 0 Å². The molecule has 2 unspecified atom stereocenters. The second-order valence-electron chi connectivity index (χ2n) is 8.99. The smallest absolute Gasteiger partial charge is 0.174 e. The summed E-state index contributed by atoms with van der Waals surface area (Å²) < 4.78 is 12.3. The quantitative estimate of drug-likeness (QED) is 0.710.